The van der Waals surface area contributed by atoms with Crippen molar-refractivity contribution in [2.24, 2.45) is 0 Å². The quantitative estimate of drug-likeness (QED) is 0.503. The molecule has 0 fully saturated rings. The summed E-state index contributed by atoms with van der Waals surface area (Å²) in [4.78, 5) is 24.7. The molecular weight excluding hydrogens is 383 g/mol. The van der Waals surface area contributed by atoms with Crippen LogP contribution in [0.15, 0.2) is 18.2 Å². The summed E-state index contributed by atoms with van der Waals surface area (Å²) in [5.41, 5.74) is -0.896. The van der Waals surface area contributed by atoms with Gasteiger partial charge in [-0.05, 0) is 24.1 Å². The van der Waals surface area contributed by atoms with Crippen LogP contribution >= 0.6 is 23.2 Å². The van der Waals surface area contributed by atoms with Gasteiger partial charge in [0.05, 0.1) is 28.3 Å². The summed E-state index contributed by atoms with van der Waals surface area (Å²) in [5.74, 6) is -0.241. The van der Waals surface area contributed by atoms with Crippen LogP contribution in [-0.2, 0) is 10.3 Å². The molecule has 0 aliphatic heterocycles. The number of carbonyl (C=O) groups is 2. The molecule has 0 spiro atoms. The summed E-state index contributed by atoms with van der Waals surface area (Å²) in [6.45, 7) is 1.20. The number of hydrogen-bond donors (Lipinski definition) is 4. The second kappa shape index (κ2) is 9.97. The number of amides is 2. The number of aliphatic hydroxyl groups excluding tert-OH is 2. The first-order valence-electron chi connectivity index (χ1n) is 8.15. The van der Waals surface area contributed by atoms with E-state index in [2.05, 4.69) is 5.32 Å². The Labute approximate surface area is 162 Å². The van der Waals surface area contributed by atoms with Gasteiger partial charge >= 0.3 is 6.09 Å². The van der Waals surface area contributed by atoms with Crippen LogP contribution in [0, 0.1) is 0 Å². The van der Waals surface area contributed by atoms with Crippen molar-refractivity contribution in [3.05, 3.63) is 33.8 Å². The highest BCUT2D eigenvalue weighted by Crippen LogP contribution is 2.36. The molecule has 0 bridgehead atoms. The van der Waals surface area contributed by atoms with Gasteiger partial charge in [0.1, 0.15) is 0 Å². The molecule has 9 heteroatoms. The van der Waals surface area contributed by atoms with E-state index in [1.54, 1.807) is 6.07 Å². The average molecular weight is 407 g/mol. The SMILES string of the molecule is CCCC(=O)NCC(CC(O)CO)(c1ccc(Cl)c(Cl)c1)N(C)C(=O)O. The standard InChI is InChI=1S/C17H24Cl2N2O5/c1-3-4-15(24)20-10-17(8-12(23)9-22,21(2)16(25)26)11-5-6-13(18)14(19)7-11/h5-7,12,22-23H,3-4,8-10H2,1-2H3,(H,20,24)(H,25,26). The topological polar surface area (TPSA) is 110 Å². The van der Waals surface area contributed by atoms with Gasteiger partial charge in [-0.15, -0.1) is 0 Å². The second-order valence-corrected chi connectivity index (χ2v) is 6.88. The molecule has 2 amide bonds. The monoisotopic (exact) mass is 406 g/mol. The molecule has 7 nitrogen and oxygen atoms in total. The van der Waals surface area contributed by atoms with Gasteiger partial charge in [0.2, 0.25) is 5.91 Å². The van der Waals surface area contributed by atoms with E-state index in [1.807, 2.05) is 6.92 Å². The third kappa shape index (κ3) is 5.48. The van der Waals surface area contributed by atoms with Crippen LogP contribution in [0.2, 0.25) is 10.0 Å². The van der Waals surface area contributed by atoms with Gasteiger partial charge in [0.25, 0.3) is 0 Å². The summed E-state index contributed by atoms with van der Waals surface area (Å²) < 4.78 is 0. The lowest BCUT2D eigenvalue weighted by Crippen LogP contribution is -2.55. The summed E-state index contributed by atoms with van der Waals surface area (Å²) >= 11 is 12.0. The molecule has 1 aromatic rings. The number of carbonyl (C=O) groups excluding carboxylic acids is 1. The number of halogens is 2. The first kappa shape index (κ1) is 22.5. The van der Waals surface area contributed by atoms with Crippen molar-refractivity contribution in [2.45, 2.75) is 37.8 Å². The van der Waals surface area contributed by atoms with E-state index in [9.17, 15) is 24.9 Å². The first-order chi connectivity index (χ1) is 12.2. The van der Waals surface area contributed by atoms with Crippen LogP contribution in [0.3, 0.4) is 0 Å². The van der Waals surface area contributed by atoms with Gasteiger partial charge in [-0.1, -0.05) is 36.2 Å². The Kier molecular flexibility index (Phi) is 8.62. The normalized spacial score (nSPS) is 14.4. The van der Waals surface area contributed by atoms with Crippen molar-refractivity contribution in [3.8, 4) is 0 Å². The Balaban J connectivity index is 3.42. The molecule has 1 rings (SSSR count). The lowest BCUT2D eigenvalue weighted by Gasteiger charge is -2.42. The van der Waals surface area contributed by atoms with Crippen LogP contribution in [0.25, 0.3) is 0 Å². The number of hydrogen-bond acceptors (Lipinski definition) is 4. The smallest absolute Gasteiger partial charge is 0.407 e. The molecule has 2 atom stereocenters. The number of likely N-dealkylation sites (N-methyl/N-ethyl adjacent to an activating group) is 1. The van der Waals surface area contributed by atoms with Gasteiger partial charge < -0.3 is 20.6 Å². The van der Waals surface area contributed by atoms with Crippen LogP contribution in [0.4, 0.5) is 4.79 Å². The largest absolute Gasteiger partial charge is 0.465 e. The maximum atomic E-state index is 12.0. The molecule has 0 saturated heterocycles. The van der Waals surface area contributed by atoms with Gasteiger partial charge in [-0.3, -0.25) is 9.69 Å². The third-order valence-electron chi connectivity index (χ3n) is 4.23. The first-order valence-corrected chi connectivity index (χ1v) is 8.91. The molecule has 0 aliphatic rings. The zero-order valence-corrected chi connectivity index (χ0v) is 16.2. The third-order valence-corrected chi connectivity index (χ3v) is 4.96. The molecule has 0 heterocycles. The fraction of sp³-hybridized carbons (Fsp3) is 0.529. The van der Waals surface area contributed by atoms with Gasteiger partial charge in [0, 0.05) is 26.4 Å². The minimum atomic E-state index is -1.34. The van der Waals surface area contributed by atoms with E-state index in [1.165, 1.54) is 19.2 Å². The highest BCUT2D eigenvalue weighted by molar-refractivity contribution is 6.42. The molecule has 0 aromatic heterocycles. The van der Waals surface area contributed by atoms with Crippen LogP contribution in [-0.4, -0.2) is 58.5 Å². The van der Waals surface area contributed by atoms with Crippen LogP contribution in [0.5, 0.6) is 0 Å². The lowest BCUT2D eigenvalue weighted by molar-refractivity contribution is -0.122. The molecule has 2 unspecified atom stereocenters. The number of carboxylic acid groups (broad SMARTS) is 1. The number of rotatable bonds is 9. The number of aliphatic hydroxyl groups is 2. The van der Waals surface area contributed by atoms with E-state index < -0.39 is 24.3 Å². The van der Waals surface area contributed by atoms with Gasteiger partial charge in [-0.25, -0.2) is 4.79 Å². The fourth-order valence-corrected chi connectivity index (χ4v) is 3.02. The molecule has 1 aromatic carbocycles. The van der Waals surface area contributed by atoms with E-state index in [0.29, 0.717) is 17.0 Å². The molecule has 0 radical (unpaired) electrons. The predicted octanol–water partition coefficient (Wildman–Crippen LogP) is 2.46. The molecule has 0 saturated carbocycles. The van der Waals surface area contributed by atoms with Crippen LogP contribution < -0.4 is 5.32 Å². The molecule has 26 heavy (non-hydrogen) atoms. The zero-order chi connectivity index (χ0) is 19.9. The summed E-state index contributed by atoms with van der Waals surface area (Å²) in [6.07, 6.45) is -1.67. The van der Waals surface area contributed by atoms with E-state index in [4.69, 9.17) is 23.2 Å². The van der Waals surface area contributed by atoms with Crippen molar-refractivity contribution >= 4 is 35.2 Å². The highest BCUT2D eigenvalue weighted by atomic mass is 35.5. The highest BCUT2D eigenvalue weighted by Gasteiger charge is 2.41. The van der Waals surface area contributed by atoms with Crippen LogP contribution in [0.1, 0.15) is 31.7 Å². The fourth-order valence-electron chi connectivity index (χ4n) is 2.72. The maximum absolute atomic E-state index is 12.0. The predicted molar refractivity (Wildman–Crippen MR) is 99.6 cm³/mol. The zero-order valence-electron chi connectivity index (χ0n) is 14.7. The second-order valence-electron chi connectivity index (χ2n) is 6.07. The number of nitrogens with one attached hydrogen (secondary N) is 1. The minimum absolute atomic E-state index is 0.0936. The van der Waals surface area contributed by atoms with E-state index >= 15 is 0 Å². The average Bonchev–Trinajstić information content (AvgIpc) is 2.60. The van der Waals surface area contributed by atoms with Crippen molar-refractivity contribution in [3.63, 3.8) is 0 Å². The van der Waals surface area contributed by atoms with Crippen molar-refractivity contribution < 1.29 is 24.9 Å². The van der Waals surface area contributed by atoms with Gasteiger partial charge in [-0.2, -0.15) is 0 Å². The Morgan fingerprint density at radius 3 is 2.46 bits per heavy atom. The van der Waals surface area contributed by atoms with Crippen molar-refractivity contribution in [1.82, 2.24) is 10.2 Å². The molecule has 4 N–H and O–H groups in total. The molecule has 146 valence electrons. The molecule has 0 aliphatic carbocycles. The Hall–Kier alpha value is -1.54. The summed E-state index contributed by atoms with van der Waals surface area (Å²) in [7, 11) is 1.33. The van der Waals surface area contributed by atoms with Gasteiger partial charge in [0.15, 0.2) is 0 Å². The number of benzene rings is 1. The summed E-state index contributed by atoms with van der Waals surface area (Å²) in [5, 5.41) is 32.1. The Morgan fingerprint density at radius 2 is 1.96 bits per heavy atom. The number of nitrogens with zero attached hydrogens (tertiary/aromatic N) is 1. The molecular formula is C17H24Cl2N2O5. The summed E-state index contributed by atoms with van der Waals surface area (Å²) in [6, 6.07) is 4.60. The maximum Gasteiger partial charge on any atom is 0.407 e. The van der Waals surface area contributed by atoms with Crippen molar-refractivity contribution in [2.75, 3.05) is 20.2 Å². The Bertz CT molecular complexity index is 644. The minimum Gasteiger partial charge on any atom is -0.465 e. The lowest BCUT2D eigenvalue weighted by atomic mass is 9.82. The van der Waals surface area contributed by atoms with E-state index in [-0.39, 0.29) is 30.3 Å². The Morgan fingerprint density at radius 1 is 1.31 bits per heavy atom. The van der Waals surface area contributed by atoms with E-state index in [0.717, 1.165) is 4.90 Å². The van der Waals surface area contributed by atoms with Crippen molar-refractivity contribution in [1.29, 1.82) is 0 Å².